The summed E-state index contributed by atoms with van der Waals surface area (Å²) in [5, 5.41) is 6.26. The Labute approximate surface area is 137 Å². The van der Waals surface area contributed by atoms with Gasteiger partial charge in [-0.3, -0.25) is 4.79 Å². The van der Waals surface area contributed by atoms with E-state index in [-0.39, 0.29) is 5.91 Å². The van der Waals surface area contributed by atoms with Gasteiger partial charge < -0.3 is 15.4 Å². The lowest BCUT2D eigenvalue weighted by Gasteiger charge is -2.11. The van der Waals surface area contributed by atoms with E-state index >= 15 is 0 Å². The molecule has 0 saturated carbocycles. The Balaban J connectivity index is 1.72. The van der Waals surface area contributed by atoms with Crippen molar-refractivity contribution in [2.45, 2.75) is 26.3 Å². The van der Waals surface area contributed by atoms with Crippen molar-refractivity contribution < 1.29 is 9.53 Å². The van der Waals surface area contributed by atoms with Crippen LogP contribution in [-0.4, -0.2) is 19.6 Å². The maximum atomic E-state index is 11.9. The van der Waals surface area contributed by atoms with Gasteiger partial charge in [0.05, 0.1) is 7.11 Å². The number of anilines is 1. The van der Waals surface area contributed by atoms with E-state index in [0.717, 1.165) is 23.4 Å². The minimum Gasteiger partial charge on any atom is -0.497 e. The van der Waals surface area contributed by atoms with E-state index in [4.69, 9.17) is 4.74 Å². The molecule has 0 fully saturated rings. The molecule has 0 aromatic heterocycles. The molecule has 0 saturated heterocycles. The predicted molar refractivity (Wildman–Crippen MR) is 93.8 cm³/mol. The summed E-state index contributed by atoms with van der Waals surface area (Å²) in [6.45, 7) is 3.29. The zero-order valence-electron chi connectivity index (χ0n) is 13.8. The summed E-state index contributed by atoms with van der Waals surface area (Å²) in [5.41, 5.74) is 3.44. The molecular weight excluding hydrogens is 288 g/mol. The van der Waals surface area contributed by atoms with Crippen LogP contribution in [0.5, 0.6) is 5.75 Å². The zero-order valence-corrected chi connectivity index (χ0v) is 13.8. The lowest BCUT2D eigenvalue weighted by atomic mass is 10.1. The number of nitrogens with one attached hydrogen (secondary N) is 2. The molecule has 0 heterocycles. The summed E-state index contributed by atoms with van der Waals surface area (Å²) >= 11 is 0. The van der Waals surface area contributed by atoms with Gasteiger partial charge in [-0.25, -0.2) is 0 Å². The van der Waals surface area contributed by atoms with E-state index in [0.29, 0.717) is 19.5 Å². The monoisotopic (exact) mass is 312 g/mol. The largest absolute Gasteiger partial charge is 0.497 e. The van der Waals surface area contributed by atoms with Crippen LogP contribution in [0.1, 0.15) is 24.5 Å². The Morgan fingerprint density at radius 1 is 1.09 bits per heavy atom. The maximum Gasteiger partial charge on any atom is 0.222 e. The van der Waals surface area contributed by atoms with Crippen molar-refractivity contribution in [1.29, 1.82) is 0 Å². The number of carbonyl (C=O) groups is 1. The van der Waals surface area contributed by atoms with E-state index in [9.17, 15) is 4.79 Å². The number of carbonyl (C=O) groups excluding carboxylic acids is 1. The van der Waals surface area contributed by atoms with E-state index < -0.39 is 0 Å². The first-order chi connectivity index (χ1) is 11.2. The molecule has 122 valence electrons. The molecule has 23 heavy (non-hydrogen) atoms. The van der Waals surface area contributed by atoms with E-state index in [1.807, 2.05) is 42.5 Å². The minimum atomic E-state index is 0.0438. The minimum absolute atomic E-state index is 0.0438. The highest BCUT2D eigenvalue weighted by Crippen LogP contribution is 2.15. The zero-order chi connectivity index (χ0) is 16.5. The normalized spacial score (nSPS) is 10.2. The van der Waals surface area contributed by atoms with Gasteiger partial charge in [0.15, 0.2) is 0 Å². The van der Waals surface area contributed by atoms with Crippen LogP contribution in [0.15, 0.2) is 48.5 Å². The molecule has 0 radical (unpaired) electrons. The van der Waals surface area contributed by atoms with Crippen molar-refractivity contribution in [1.82, 2.24) is 5.32 Å². The second-order valence-corrected chi connectivity index (χ2v) is 5.31. The van der Waals surface area contributed by atoms with Crippen LogP contribution in [0.25, 0.3) is 0 Å². The van der Waals surface area contributed by atoms with Gasteiger partial charge in [-0.1, -0.05) is 37.3 Å². The fraction of sp³-hybridized carbons (Fsp3) is 0.316. The Kier molecular flexibility index (Phi) is 6.48. The van der Waals surface area contributed by atoms with Crippen LogP contribution in [0.2, 0.25) is 0 Å². The van der Waals surface area contributed by atoms with Crippen LogP contribution in [0.3, 0.4) is 0 Å². The number of methoxy groups -OCH3 is 1. The molecule has 0 spiro atoms. The van der Waals surface area contributed by atoms with Gasteiger partial charge in [0.1, 0.15) is 5.75 Å². The molecule has 0 bridgehead atoms. The predicted octanol–water partition coefficient (Wildman–Crippen LogP) is 3.38. The lowest BCUT2D eigenvalue weighted by molar-refractivity contribution is -0.121. The molecule has 4 heteroatoms. The average molecular weight is 312 g/mol. The molecule has 2 rings (SSSR count). The Hall–Kier alpha value is -2.49. The second-order valence-electron chi connectivity index (χ2n) is 5.31. The van der Waals surface area contributed by atoms with Gasteiger partial charge in [0, 0.05) is 25.2 Å². The summed E-state index contributed by atoms with van der Waals surface area (Å²) < 4.78 is 5.11. The molecular formula is C19H24N2O2. The Morgan fingerprint density at radius 2 is 1.83 bits per heavy atom. The van der Waals surface area contributed by atoms with Gasteiger partial charge in [-0.2, -0.15) is 0 Å². The fourth-order valence-electron chi connectivity index (χ4n) is 2.34. The number of amides is 1. The van der Waals surface area contributed by atoms with Crippen molar-refractivity contribution >= 4 is 11.6 Å². The van der Waals surface area contributed by atoms with Crippen molar-refractivity contribution in [3.63, 3.8) is 0 Å². The van der Waals surface area contributed by atoms with Crippen LogP contribution >= 0.6 is 0 Å². The molecule has 0 aliphatic carbocycles. The first kappa shape index (κ1) is 16.9. The smallest absolute Gasteiger partial charge is 0.222 e. The number of para-hydroxylation sites is 1. The van der Waals surface area contributed by atoms with E-state index in [1.54, 1.807) is 7.11 Å². The van der Waals surface area contributed by atoms with Gasteiger partial charge in [0.25, 0.3) is 0 Å². The molecule has 0 aliphatic heterocycles. The first-order valence-corrected chi connectivity index (χ1v) is 7.94. The molecule has 0 atom stereocenters. The summed E-state index contributed by atoms with van der Waals surface area (Å²) in [4.78, 5) is 11.9. The quantitative estimate of drug-likeness (QED) is 0.785. The number of hydrogen-bond donors (Lipinski definition) is 2. The van der Waals surface area contributed by atoms with Crippen molar-refractivity contribution in [2.75, 3.05) is 19.0 Å². The third-order valence-corrected chi connectivity index (χ3v) is 3.71. The molecule has 2 aromatic rings. The molecule has 0 aliphatic rings. The third-order valence-electron chi connectivity index (χ3n) is 3.71. The standard InChI is InChI=1S/C19H24N2O2/c1-3-16-6-4-5-7-18(16)20-13-12-19(22)21-14-15-8-10-17(23-2)11-9-15/h4-11,20H,3,12-14H2,1-2H3,(H,21,22). The molecule has 2 N–H and O–H groups in total. The van der Waals surface area contributed by atoms with E-state index in [2.05, 4.69) is 23.6 Å². The van der Waals surface area contributed by atoms with Crippen molar-refractivity contribution in [3.05, 3.63) is 59.7 Å². The highest BCUT2D eigenvalue weighted by atomic mass is 16.5. The highest BCUT2D eigenvalue weighted by molar-refractivity contribution is 5.76. The van der Waals surface area contributed by atoms with Crippen LogP contribution < -0.4 is 15.4 Å². The van der Waals surface area contributed by atoms with Crippen molar-refractivity contribution in [3.8, 4) is 5.75 Å². The third kappa shape index (κ3) is 5.33. The fourth-order valence-corrected chi connectivity index (χ4v) is 2.34. The first-order valence-electron chi connectivity index (χ1n) is 7.94. The average Bonchev–Trinajstić information content (AvgIpc) is 2.61. The summed E-state index contributed by atoms with van der Waals surface area (Å²) in [6, 6.07) is 15.9. The molecule has 4 nitrogen and oxygen atoms in total. The van der Waals surface area contributed by atoms with Gasteiger partial charge in [-0.05, 0) is 35.7 Å². The number of rotatable bonds is 8. The Bertz CT molecular complexity index is 624. The van der Waals surface area contributed by atoms with Crippen LogP contribution in [0, 0.1) is 0 Å². The second kappa shape index (κ2) is 8.83. The van der Waals surface area contributed by atoms with E-state index in [1.165, 1.54) is 5.56 Å². The SMILES string of the molecule is CCc1ccccc1NCCC(=O)NCc1ccc(OC)cc1. The number of benzene rings is 2. The van der Waals surface area contributed by atoms with Crippen LogP contribution in [0.4, 0.5) is 5.69 Å². The van der Waals surface area contributed by atoms with Gasteiger partial charge in [0.2, 0.25) is 5.91 Å². The maximum absolute atomic E-state index is 11.9. The summed E-state index contributed by atoms with van der Waals surface area (Å²) in [5.74, 6) is 0.862. The number of aryl methyl sites for hydroxylation is 1. The van der Waals surface area contributed by atoms with Crippen molar-refractivity contribution in [2.24, 2.45) is 0 Å². The van der Waals surface area contributed by atoms with Gasteiger partial charge in [-0.15, -0.1) is 0 Å². The van der Waals surface area contributed by atoms with Gasteiger partial charge >= 0.3 is 0 Å². The molecule has 1 amide bonds. The highest BCUT2D eigenvalue weighted by Gasteiger charge is 2.03. The lowest BCUT2D eigenvalue weighted by Crippen LogP contribution is -2.24. The topological polar surface area (TPSA) is 50.4 Å². The Morgan fingerprint density at radius 3 is 2.52 bits per heavy atom. The van der Waals surface area contributed by atoms with Crippen LogP contribution in [-0.2, 0) is 17.8 Å². The number of hydrogen-bond acceptors (Lipinski definition) is 3. The summed E-state index contributed by atoms with van der Waals surface area (Å²) in [6.07, 6.45) is 1.43. The molecule has 2 aromatic carbocycles. The summed E-state index contributed by atoms with van der Waals surface area (Å²) in [7, 11) is 1.64. The number of ether oxygens (including phenoxy) is 1. The molecule has 0 unspecified atom stereocenters.